The lowest BCUT2D eigenvalue weighted by atomic mass is 10.2. The predicted molar refractivity (Wildman–Crippen MR) is 97.8 cm³/mol. The second-order valence-corrected chi connectivity index (χ2v) is 5.58. The van der Waals surface area contributed by atoms with Crippen molar-refractivity contribution in [3.63, 3.8) is 0 Å². The molecule has 2 aromatic carbocycles. The van der Waals surface area contributed by atoms with E-state index in [4.69, 9.17) is 14.9 Å². The van der Waals surface area contributed by atoms with Crippen LogP contribution in [0.5, 0.6) is 0 Å². The standard InChI is InChI=1S/C19H10N6O2/c20-9-12(10-21)11-22-14-6-5-13-7-17(19(26)27-18(13)8-14)25-23-15-3-1-2-4-16(15)24-25/h1-8,11,22H. The Labute approximate surface area is 152 Å². The van der Waals surface area contributed by atoms with E-state index in [1.165, 1.54) is 11.0 Å². The molecule has 0 atom stereocenters. The average Bonchev–Trinajstić information content (AvgIpc) is 3.12. The van der Waals surface area contributed by atoms with E-state index in [-0.39, 0.29) is 11.3 Å². The summed E-state index contributed by atoms with van der Waals surface area (Å²) in [6.07, 6.45) is 1.28. The molecule has 0 aliphatic heterocycles. The van der Waals surface area contributed by atoms with E-state index in [2.05, 4.69) is 15.5 Å². The highest BCUT2D eigenvalue weighted by atomic mass is 16.4. The molecule has 0 unspecified atom stereocenters. The van der Waals surface area contributed by atoms with Gasteiger partial charge >= 0.3 is 5.63 Å². The van der Waals surface area contributed by atoms with Gasteiger partial charge in [-0.15, -0.1) is 15.0 Å². The fraction of sp³-hybridized carbons (Fsp3) is 0. The molecular weight excluding hydrogens is 344 g/mol. The van der Waals surface area contributed by atoms with Gasteiger partial charge in [-0.1, -0.05) is 12.1 Å². The molecule has 0 bridgehead atoms. The molecule has 128 valence electrons. The number of anilines is 1. The number of nitrogens with one attached hydrogen (secondary N) is 1. The lowest BCUT2D eigenvalue weighted by Gasteiger charge is -2.04. The minimum absolute atomic E-state index is 0.0660. The number of nitriles is 2. The van der Waals surface area contributed by atoms with E-state index in [9.17, 15) is 4.79 Å². The minimum atomic E-state index is -0.578. The fourth-order valence-electron chi connectivity index (χ4n) is 2.54. The van der Waals surface area contributed by atoms with Crippen LogP contribution < -0.4 is 10.9 Å². The van der Waals surface area contributed by atoms with Crippen molar-refractivity contribution in [1.29, 1.82) is 10.5 Å². The Morgan fingerprint density at radius 2 is 1.78 bits per heavy atom. The van der Waals surface area contributed by atoms with Gasteiger partial charge in [0.2, 0.25) is 0 Å². The third-order valence-electron chi connectivity index (χ3n) is 3.84. The number of nitrogens with zero attached hydrogens (tertiary/aromatic N) is 5. The Morgan fingerprint density at radius 3 is 2.44 bits per heavy atom. The molecule has 8 heteroatoms. The number of rotatable bonds is 3. The summed E-state index contributed by atoms with van der Waals surface area (Å²) in [5, 5.41) is 29.6. The van der Waals surface area contributed by atoms with Crippen LogP contribution in [0.1, 0.15) is 0 Å². The van der Waals surface area contributed by atoms with Crippen molar-refractivity contribution in [2.45, 2.75) is 0 Å². The summed E-state index contributed by atoms with van der Waals surface area (Å²) in [5.74, 6) is 0. The first-order chi connectivity index (χ1) is 13.2. The van der Waals surface area contributed by atoms with Gasteiger partial charge in [0.25, 0.3) is 0 Å². The van der Waals surface area contributed by atoms with Gasteiger partial charge in [0.1, 0.15) is 34.3 Å². The summed E-state index contributed by atoms with van der Waals surface area (Å²) in [5.41, 5.74) is 1.84. The van der Waals surface area contributed by atoms with Gasteiger partial charge in [-0.3, -0.25) is 0 Å². The van der Waals surface area contributed by atoms with E-state index in [0.29, 0.717) is 27.7 Å². The molecule has 1 N–H and O–H groups in total. The van der Waals surface area contributed by atoms with Crippen molar-refractivity contribution in [2.75, 3.05) is 5.32 Å². The van der Waals surface area contributed by atoms with Crippen molar-refractivity contribution < 1.29 is 4.42 Å². The number of fused-ring (bicyclic) bond motifs is 2. The quantitative estimate of drug-likeness (QED) is 0.443. The summed E-state index contributed by atoms with van der Waals surface area (Å²) >= 11 is 0. The van der Waals surface area contributed by atoms with Crippen molar-refractivity contribution in [3.8, 4) is 17.8 Å². The molecule has 27 heavy (non-hydrogen) atoms. The summed E-state index contributed by atoms with van der Waals surface area (Å²) < 4.78 is 5.40. The first kappa shape index (κ1) is 16.1. The topological polar surface area (TPSA) is 121 Å². The Balaban J connectivity index is 1.75. The third-order valence-corrected chi connectivity index (χ3v) is 3.84. The van der Waals surface area contributed by atoms with Gasteiger partial charge in [-0.25, -0.2) is 4.79 Å². The molecule has 0 aliphatic carbocycles. The van der Waals surface area contributed by atoms with Crippen LogP contribution in [0.2, 0.25) is 0 Å². The lowest BCUT2D eigenvalue weighted by molar-refractivity contribution is 0.546. The maximum absolute atomic E-state index is 12.4. The second kappa shape index (κ2) is 6.47. The predicted octanol–water partition coefficient (Wildman–Crippen LogP) is 2.87. The number of hydrogen-bond acceptors (Lipinski definition) is 7. The van der Waals surface area contributed by atoms with Crippen LogP contribution >= 0.6 is 0 Å². The SMILES string of the molecule is N#CC(C#N)=CNc1ccc2cc(-n3nc4ccccc4n3)c(=O)oc2c1. The van der Waals surface area contributed by atoms with Crippen LogP contribution in [-0.4, -0.2) is 15.0 Å². The normalized spacial score (nSPS) is 10.3. The number of benzene rings is 2. The van der Waals surface area contributed by atoms with Gasteiger partial charge in [0.15, 0.2) is 5.69 Å². The highest BCUT2D eigenvalue weighted by Gasteiger charge is 2.11. The molecule has 0 fully saturated rings. The molecule has 2 aromatic heterocycles. The summed E-state index contributed by atoms with van der Waals surface area (Å²) in [7, 11) is 0. The molecule has 2 heterocycles. The average molecular weight is 354 g/mol. The first-order valence-electron chi connectivity index (χ1n) is 7.85. The zero-order chi connectivity index (χ0) is 18.8. The van der Waals surface area contributed by atoms with E-state index in [0.717, 1.165) is 0 Å². The number of hydrogen-bond donors (Lipinski definition) is 1. The van der Waals surface area contributed by atoms with Gasteiger partial charge < -0.3 is 9.73 Å². The van der Waals surface area contributed by atoms with Crippen molar-refractivity contribution in [3.05, 3.63) is 70.7 Å². The third kappa shape index (κ3) is 2.99. The van der Waals surface area contributed by atoms with Crippen LogP contribution in [0.4, 0.5) is 5.69 Å². The summed E-state index contributed by atoms with van der Waals surface area (Å²) in [6, 6.07) is 17.6. The Kier molecular flexibility index (Phi) is 3.85. The van der Waals surface area contributed by atoms with Crippen molar-refractivity contribution in [2.24, 2.45) is 0 Å². The Hall–Kier alpha value is -4.43. The van der Waals surface area contributed by atoms with Crippen molar-refractivity contribution >= 4 is 27.7 Å². The van der Waals surface area contributed by atoms with E-state index >= 15 is 0 Å². The van der Waals surface area contributed by atoms with Crippen LogP contribution in [-0.2, 0) is 0 Å². The smallest absolute Gasteiger partial charge is 0.364 e. The minimum Gasteiger partial charge on any atom is -0.421 e. The second-order valence-electron chi connectivity index (χ2n) is 5.58. The summed E-state index contributed by atoms with van der Waals surface area (Å²) in [6.45, 7) is 0. The van der Waals surface area contributed by atoms with Crippen LogP contribution in [0.3, 0.4) is 0 Å². The van der Waals surface area contributed by atoms with E-state index < -0.39 is 5.63 Å². The zero-order valence-corrected chi connectivity index (χ0v) is 13.7. The molecule has 0 saturated heterocycles. The van der Waals surface area contributed by atoms with Gasteiger partial charge in [-0.05, 0) is 30.3 Å². The lowest BCUT2D eigenvalue weighted by Crippen LogP contribution is -2.12. The molecule has 8 nitrogen and oxygen atoms in total. The molecule has 0 amide bonds. The molecule has 4 aromatic rings. The molecular formula is C19H10N6O2. The van der Waals surface area contributed by atoms with Gasteiger partial charge in [-0.2, -0.15) is 10.5 Å². The van der Waals surface area contributed by atoms with Gasteiger partial charge in [0, 0.05) is 23.3 Å². The summed E-state index contributed by atoms with van der Waals surface area (Å²) in [4.78, 5) is 13.7. The van der Waals surface area contributed by atoms with Crippen molar-refractivity contribution in [1.82, 2.24) is 15.0 Å². The molecule has 0 spiro atoms. The Morgan fingerprint density at radius 1 is 1.07 bits per heavy atom. The molecule has 4 rings (SSSR count). The van der Waals surface area contributed by atoms with Gasteiger partial charge in [0.05, 0.1) is 0 Å². The fourth-order valence-corrected chi connectivity index (χ4v) is 2.54. The highest BCUT2D eigenvalue weighted by molar-refractivity contribution is 5.82. The maximum atomic E-state index is 12.4. The molecule has 0 aliphatic rings. The van der Waals surface area contributed by atoms with E-state index in [1.807, 2.05) is 24.3 Å². The van der Waals surface area contributed by atoms with Crippen LogP contribution in [0.15, 0.2) is 69.5 Å². The largest absolute Gasteiger partial charge is 0.421 e. The first-order valence-corrected chi connectivity index (χ1v) is 7.85. The molecule has 0 radical (unpaired) electrons. The van der Waals surface area contributed by atoms with Crippen LogP contribution in [0, 0.1) is 22.7 Å². The highest BCUT2D eigenvalue weighted by Crippen LogP contribution is 2.20. The Bertz CT molecular complexity index is 1300. The maximum Gasteiger partial charge on any atom is 0.364 e. The number of aromatic nitrogens is 3. The van der Waals surface area contributed by atoms with E-state index in [1.54, 1.807) is 36.4 Å². The number of allylic oxidation sites excluding steroid dienone is 1. The molecule has 0 saturated carbocycles. The van der Waals surface area contributed by atoms with Crippen LogP contribution in [0.25, 0.3) is 27.7 Å². The monoisotopic (exact) mass is 354 g/mol. The zero-order valence-electron chi connectivity index (χ0n) is 13.7.